The van der Waals surface area contributed by atoms with Crippen LogP contribution in [0.25, 0.3) is 6.08 Å². The maximum Gasteiger partial charge on any atom is 0.412 e. The normalized spacial score (nSPS) is 11.5. The number of benzene rings is 3. The summed E-state index contributed by atoms with van der Waals surface area (Å²) in [6.45, 7) is 7.32. The van der Waals surface area contributed by atoms with Gasteiger partial charge in [0.2, 0.25) is 0 Å². The van der Waals surface area contributed by atoms with Gasteiger partial charge in [-0.3, -0.25) is 5.32 Å². The van der Waals surface area contributed by atoms with Crippen molar-refractivity contribution >= 4 is 42.1 Å². The predicted octanol–water partition coefficient (Wildman–Crippen LogP) is 7.18. The lowest BCUT2D eigenvalue weighted by Gasteiger charge is -2.16. The molecule has 0 aliphatic heterocycles. The summed E-state index contributed by atoms with van der Waals surface area (Å²) >= 11 is 3.48. The minimum atomic E-state index is -1.41. The molecule has 3 rings (SSSR count). The summed E-state index contributed by atoms with van der Waals surface area (Å²) in [5.41, 5.74) is 2.42. The maximum atomic E-state index is 13.0. The molecule has 0 saturated heterocycles. The zero-order valence-corrected chi connectivity index (χ0v) is 23.9. The van der Waals surface area contributed by atoms with E-state index in [4.69, 9.17) is 14.2 Å². The molecule has 0 bridgehead atoms. The molecule has 3 aromatic rings. The molecule has 0 aliphatic carbocycles. The standard InChI is InChI=1S/C29H32BrNO5Si/c1-37(2,3)17-16-34-28(32)26(31-29(33)36-21-23-12-8-5-9-13-23)19-24-18-25(30)14-15-27(24)35-20-22-10-6-4-7-11-22/h4-15,18-19H,16-17,20-21H2,1-3H3,(H,31,33)/b26-19-. The van der Waals surface area contributed by atoms with Gasteiger partial charge in [-0.05, 0) is 41.4 Å². The van der Waals surface area contributed by atoms with E-state index in [-0.39, 0.29) is 18.9 Å². The number of carbonyl (C=O) groups excluding carboxylic acids is 2. The topological polar surface area (TPSA) is 73.9 Å². The molecule has 1 amide bonds. The van der Waals surface area contributed by atoms with E-state index in [1.807, 2.05) is 72.8 Å². The van der Waals surface area contributed by atoms with Gasteiger partial charge in [0.05, 0.1) is 6.61 Å². The second kappa shape index (κ2) is 13.8. The van der Waals surface area contributed by atoms with E-state index in [2.05, 4.69) is 40.9 Å². The van der Waals surface area contributed by atoms with Gasteiger partial charge in [-0.1, -0.05) is 96.2 Å². The number of ether oxygens (including phenoxy) is 3. The first kappa shape index (κ1) is 28.2. The number of nitrogens with one attached hydrogen (secondary N) is 1. The number of amides is 1. The summed E-state index contributed by atoms with van der Waals surface area (Å²) in [6, 6.07) is 25.4. The number of hydrogen-bond donors (Lipinski definition) is 1. The first-order valence-electron chi connectivity index (χ1n) is 12.0. The fourth-order valence-corrected chi connectivity index (χ4v) is 4.29. The molecule has 6 nitrogen and oxygen atoms in total. The number of hydrogen-bond acceptors (Lipinski definition) is 5. The van der Waals surface area contributed by atoms with Crippen molar-refractivity contribution in [3.63, 3.8) is 0 Å². The zero-order valence-electron chi connectivity index (χ0n) is 21.3. The van der Waals surface area contributed by atoms with Gasteiger partial charge in [0, 0.05) is 18.1 Å². The van der Waals surface area contributed by atoms with E-state index in [9.17, 15) is 9.59 Å². The van der Waals surface area contributed by atoms with Gasteiger partial charge < -0.3 is 14.2 Å². The number of esters is 1. The van der Waals surface area contributed by atoms with E-state index in [1.54, 1.807) is 12.1 Å². The van der Waals surface area contributed by atoms with Crippen LogP contribution in [0.2, 0.25) is 25.7 Å². The first-order chi connectivity index (χ1) is 17.7. The van der Waals surface area contributed by atoms with Crippen LogP contribution in [0.4, 0.5) is 4.79 Å². The Kier molecular flexibility index (Phi) is 10.5. The lowest BCUT2D eigenvalue weighted by atomic mass is 10.1. The third-order valence-corrected chi connectivity index (χ3v) is 7.46. The largest absolute Gasteiger partial charge is 0.488 e. The van der Waals surface area contributed by atoms with Crippen molar-refractivity contribution in [3.8, 4) is 5.75 Å². The van der Waals surface area contributed by atoms with E-state index in [1.165, 1.54) is 0 Å². The van der Waals surface area contributed by atoms with Crippen LogP contribution < -0.4 is 10.1 Å². The Hall–Kier alpha value is -3.36. The van der Waals surface area contributed by atoms with Crippen LogP contribution in [0.1, 0.15) is 16.7 Å². The van der Waals surface area contributed by atoms with Crippen LogP contribution >= 0.6 is 15.9 Å². The maximum absolute atomic E-state index is 13.0. The molecule has 3 aromatic carbocycles. The quantitative estimate of drug-likeness (QED) is 0.147. The summed E-state index contributed by atoms with van der Waals surface area (Å²) in [6.07, 6.45) is 0.796. The van der Waals surface area contributed by atoms with Crippen LogP contribution in [0.5, 0.6) is 5.75 Å². The van der Waals surface area contributed by atoms with Crippen molar-refractivity contribution in [3.05, 3.63) is 106 Å². The molecule has 0 fully saturated rings. The van der Waals surface area contributed by atoms with E-state index in [0.29, 0.717) is 17.9 Å². The van der Waals surface area contributed by atoms with Gasteiger partial charge in [0.1, 0.15) is 24.7 Å². The number of carbonyl (C=O) groups is 2. The molecule has 8 heteroatoms. The average Bonchev–Trinajstić information content (AvgIpc) is 2.87. The van der Waals surface area contributed by atoms with Crippen LogP contribution in [0.3, 0.4) is 0 Å². The van der Waals surface area contributed by atoms with Crippen molar-refractivity contribution in [1.82, 2.24) is 5.32 Å². The highest BCUT2D eigenvalue weighted by atomic mass is 79.9. The fourth-order valence-electron chi connectivity index (χ4n) is 3.20. The summed E-state index contributed by atoms with van der Waals surface area (Å²) in [5.74, 6) is -0.0807. The molecule has 0 heterocycles. The predicted molar refractivity (Wildman–Crippen MR) is 152 cm³/mol. The molecule has 0 atom stereocenters. The minimum Gasteiger partial charge on any atom is -0.488 e. The van der Waals surface area contributed by atoms with Crippen LogP contribution in [0, 0.1) is 0 Å². The molecule has 37 heavy (non-hydrogen) atoms. The molecule has 0 spiro atoms. The molecule has 0 saturated carbocycles. The molecular weight excluding hydrogens is 550 g/mol. The van der Waals surface area contributed by atoms with Crippen molar-refractivity contribution in [2.24, 2.45) is 0 Å². The van der Waals surface area contributed by atoms with Crippen molar-refractivity contribution in [1.29, 1.82) is 0 Å². The molecule has 0 aliphatic rings. The third-order valence-electron chi connectivity index (χ3n) is 5.26. The lowest BCUT2D eigenvalue weighted by molar-refractivity contribution is -0.138. The highest BCUT2D eigenvalue weighted by Gasteiger charge is 2.19. The Morgan fingerprint density at radius 1 is 0.865 bits per heavy atom. The van der Waals surface area contributed by atoms with Crippen molar-refractivity contribution in [2.75, 3.05) is 6.61 Å². The van der Waals surface area contributed by atoms with Crippen LogP contribution in [-0.2, 0) is 27.5 Å². The average molecular weight is 583 g/mol. The van der Waals surface area contributed by atoms with Gasteiger partial charge >= 0.3 is 12.1 Å². The van der Waals surface area contributed by atoms with Gasteiger partial charge in [0.15, 0.2) is 0 Å². The number of alkyl carbamates (subject to hydrolysis) is 1. The molecule has 0 unspecified atom stereocenters. The summed E-state index contributed by atoms with van der Waals surface area (Å²) in [7, 11) is -1.41. The van der Waals surface area contributed by atoms with Crippen LogP contribution in [-0.4, -0.2) is 26.7 Å². The second-order valence-corrected chi connectivity index (χ2v) is 16.2. The van der Waals surface area contributed by atoms with Crippen molar-refractivity contribution < 1.29 is 23.8 Å². The number of rotatable bonds is 11. The third kappa shape index (κ3) is 10.3. The summed E-state index contributed by atoms with van der Waals surface area (Å²) in [4.78, 5) is 25.6. The highest BCUT2D eigenvalue weighted by molar-refractivity contribution is 9.10. The molecular formula is C29H32BrNO5Si. The van der Waals surface area contributed by atoms with E-state index >= 15 is 0 Å². The van der Waals surface area contributed by atoms with E-state index < -0.39 is 20.1 Å². The van der Waals surface area contributed by atoms with Gasteiger partial charge in [-0.25, -0.2) is 9.59 Å². The van der Waals surface area contributed by atoms with Gasteiger partial charge in [0.25, 0.3) is 0 Å². The smallest absolute Gasteiger partial charge is 0.412 e. The van der Waals surface area contributed by atoms with Crippen molar-refractivity contribution in [2.45, 2.75) is 38.9 Å². The van der Waals surface area contributed by atoms with Crippen LogP contribution in [0.15, 0.2) is 89.0 Å². The Labute approximate surface area is 227 Å². The Balaban J connectivity index is 1.80. The minimum absolute atomic E-state index is 0.0312. The number of halogens is 1. The SMILES string of the molecule is C[Si](C)(C)CCOC(=O)/C(=C/c1cc(Br)ccc1OCc1ccccc1)NC(=O)OCc1ccccc1. The Morgan fingerprint density at radius 3 is 2.11 bits per heavy atom. The summed E-state index contributed by atoms with van der Waals surface area (Å²) in [5, 5.41) is 2.57. The molecule has 0 radical (unpaired) electrons. The molecule has 0 aromatic heterocycles. The Morgan fingerprint density at radius 2 is 1.49 bits per heavy atom. The lowest BCUT2D eigenvalue weighted by Crippen LogP contribution is -2.30. The molecule has 1 N–H and O–H groups in total. The Bertz CT molecular complexity index is 1210. The van der Waals surface area contributed by atoms with Gasteiger partial charge in [-0.2, -0.15) is 0 Å². The first-order valence-corrected chi connectivity index (χ1v) is 16.5. The monoisotopic (exact) mass is 581 g/mol. The summed E-state index contributed by atoms with van der Waals surface area (Å²) < 4.78 is 17.7. The fraction of sp³-hybridized carbons (Fsp3) is 0.241. The second-order valence-electron chi connectivity index (χ2n) is 9.65. The zero-order chi connectivity index (χ0) is 26.7. The highest BCUT2D eigenvalue weighted by Crippen LogP contribution is 2.26. The van der Waals surface area contributed by atoms with E-state index in [0.717, 1.165) is 21.6 Å². The van der Waals surface area contributed by atoms with Gasteiger partial charge in [-0.15, -0.1) is 0 Å². The molecule has 194 valence electrons.